The van der Waals surface area contributed by atoms with Crippen molar-refractivity contribution in [3.8, 4) is 0 Å². The van der Waals surface area contributed by atoms with E-state index < -0.39 is 0 Å². The van der Waals surface area contributed by atoms with Crippen LogP contribution in [0.2, 0.25) is 0 Å². The van der Waals surface area contributed by atoms with Crippen molar-refractivity contribution in [3.05, 3.63) is 0 Å². The molecule has 0 fully saturated rings. The molecule has 0 saturated carbocycles. The fourth-order valence-corrected chi connectivity index (χ4v) is 0. The van der Waals surface area contributed by atoms with E-state index in [0.29, 0.717) is 0 Å². The molecule has 0 saturated heterocycles. The molecule has 10 heavy (non-hydrogen) atoms. The molecule has 0 aliphatic heterocycles. The Labute approximate surface area is 72.0 Å². The van der Waals surface area contributed by atoms with Gasteiger partial charge in [0.2, 0.25) is 0 Å². The van der Waals surface area contributed by atoms with Gasteiger partial charge >= 0.3 is 0 Å². The molecular formula is C9H29B. The second kappa shape index (κ2) is 140000. The Morgan fingerprint density at radius 3 is 0.400 bits per heavy atom. The van der Waals surface area contributed by atoms with Gasteiger partial charge in [-0.15, -0.1) is 0 Å². The van der Waals surface area contributed by atoms with E-state index in [9.17, 15) is 0 Å². The zero-order valence-corrected chi connectivity index (χ0v) is 8.71. The van der Waals surface area contributed by atoms with Gasteiger partial charge in [-0.3, -0.25) is 0 Å². The topological polar surface area (TPSA) is 0 Å². The van der Waals surface area contributed by atoms with E-state index in [2.05, 4.69) is 0 Å². The van der Waals surface area contributed by atoms with Crippen LogP contribution < -0.4 is 0 Å². The van der Waals surface area contributed by atoms with Gasteiger partial charge in [-0.05, 0) is 0 Å². The van der Waals surface area contributed by atoms with Gasteiger partial charge < -0.3 is 0 Å². The Morgan fingerprint density at radius 2 is 0.400 bits per heavy atom. The lowest BCUT2D eigenvalue weighted by Crippen LogP contribution is -0.856. The van der Waals surface area contributed by atoms with Gasteiger partial charge in [-0.2, -0.15) is 0 Å². The largest absolute Gasteiger partial charge is 0.0776 e. The summed E-state index contributed by atoms with van der Waals surface area (Å²) < 4.78 is 0. The van der Waals surface area contributed by atoms with Crippen LogP contribution >= 0.6 is 0 Å². The van der Waals surface area contributed by atoms with Crippen LogP contribution in [0.3, 0.4) is 0 Å². The molecule has 0 aromatic rings. The molecule has 2 radical (unpaired) electrons. The van der Waals surface area contributed by atoms with Gasteiger partial charge in [0.05, 0.1) is 0 Å². The fourth-order valence-electron chi connectivity index (χ4n) is 0. The third kappa shape index (κ3) is 95500. The normalized spacial score (nSPS) is 2.40. The van der Waals surface area contributed by atoms with Crippen molar-refractivity contribution in [2.75, 3.05) is 0 Å². The summed E-state index contributed by atoms with van der Waals surface area (Å²) in [6, 6.07) is 0. The van der Waals surface area contributed by atoms with E-state index in [0.717, 1.165) is 0 Å². The second-order valence-corrected chi connectivity index (χ2v) is 0. The first-order chi connectivity index (χ1) is 4.00. The quantitative estimate of drug-likeness (QED) is 0.454. The molecule has 0 nitrogen and oxygen atoms in total. The zero-order valence-electron chi connectivity index (χ0n) is 8.71. The summed E-state index contributed by atoms with van der Waals surface area (Å²) in [4.78, 5) is 0. The third-order valence-corrected chi connectivity index (χ3v) is 0. The molecule has 0 aromatic carbocycles. The van der Waals surface area contributed by atoms with Crippen molar-refractivity contribution in [2.45, 2.75) is 62.8 Å². The van der Waals surface area contributed by atoms with Gasteiger partial charge in [0.25, 0.3) is 0 Å². The average Bonchev–Trinajstić information content (AvgIpc) is 2.03. The van der Waals surface area contributed by atoms with E-state index in [-0.39, 0.29) is 15.8 Å². The maximum atomic E-state index is 2.00. The molecule has 0 bridgehead atoms. The Bertz CT molecular complexity index is 4.69. The maximum Gasteiger partial charge on any atom is 0.0379 e. The SMILES string of the molecule is C.CC.CC.CC.CC.[BH]. The van der Waals surface area contributed by atoms with Crippen LogP contribution in [0.15, 0.2) is 0 Å². The first-order valence-corrected chi connectivity index (χ1v) is 4.00. The highest BCUT2D eigenvalue weighted by atomic mass is 13.0. The number of rotatable bonds is 0. The third-order valence-electron chi connectivity index (χ3n) is 0. The minimum Gasteiger partial charge on any atom is -0.0776 e. The second-order valence-electron chi connectivity index (χ2n) is 0. The molecule has 0 unspecified atom stereocenters. The summed E-state index contributed by atoms with van der Waals surface area (Å²) in [5.41, 5.74) is 0. The molecule has 0 spiro atoms. The molecule has 0 heterocycles. The minimum absolute atomic E-state index is 0. The Kier molecular flexibility index (Phi) is 700000. The van der Waals surface area contributed by atoms with Gasteiger partial charge in [-0.1, -0.05) is 62.8 Å². The predicted molar refractivity (Wildman–Crippen MR) is 59.3 cm³/mol. The Balaban J connectivity index is -0.00000000500. The summed E-state index contributed by atoms with van der Waals surface area (Å²) in [7, 11) is 0. The fraction of sp³-hybridized carbons (Fsp3) is 1.00. The summed E-state index contributed by atoms with van der Waals surface area (Å²) >= 11 is 0. The van der Waals surface area contributed by atoms with Crippen LogP contribution in [-0.4, -0.2) is 8.41 Å². The van der Waals surface area contributed by atoms with Crippen LogP contribution in [0.4, 0.5) is 0 Å². The highest BCUT2D eigenvalue weighted by Crippen LogP contribution is 1.15. The van der Waals surface area contributed by atoms with Gasteiger partial charge in [-0.25, -0.2) is 0 Å². The molecule has 0 rings (SSSR count). The maximum absolute atomic E-state index is 2.00. The molecule has 68 valence electrons. The molecular weight excluding hydrogens is 119 g/mol. The molecule has 0 aliphatic rings. The number of hydrogen-bond acceptors (Lipinski definition) is 0. The smallest absolute Gasteiger partial charge is 0.0379 e. The van der Waals surface area contributed by atoms with Crippen molar-refractivity contribution in [1.82, 2.24) is 0 Å². The van der Waals surface area contributed by atoms with Crippen LogP contribution in [0.25, 0.3) is 0 Å². The Morgan fingerprint density at radius 1 is 0.400 bits per heavy atom. The standard InChI is InChI=1S/4C2H6.CH4.BH/c4*1-2;;/h4*1-2H3;1H4;1H. The first kappa shape index (κ1) is 50.1. The van der Waals surface area contributed by atoms with E-state index in [1.807, 2.05) is 55.4 Å². The van der Waals surface area contributed by atoms with Crippen LogP contribution in [0.1, 0.15) is 62.8 Å². The van der Waals surface area contributed by atoms with E-state index >= 15 is 0 Å². The van der Waals surface area contributed by atoms with E-state index in [4.69, 9.17) is 0 Å². The first-order valence-electron chi connectivity index (χ1n) is 4.00. The van der Waals surface area contributed by atoms with E-state index in [1.54, 1.807) is 0 Å². The monoisotopic (exact) mass is 148 g/mol. The molecule has 0 atom stereocenters. The molecule has 0 N–H and O–H groups in total. The zero-order chi connectivity index (χ0) is 8.00. The highest BCUT2D eigenvalue weighted by molar-refractivity contribution is 5.75. The van der Waals surface area contributed by atoms with Crippen molar-refractivity contribution < 1.29 is 0 Å². The van der Waals surface area contributed by atoms with Crippen molar-refractivity contribution in [2.24, 2.45) is 0 Å². The van der Waals surface area contributed by atoms with Crippen LogP contribution in [-0.2, 0) is 0 Å². The van der Waals surface area contributed by atoms with Crippen molar-refractivity contribution >= 4 is 8.41 Å². The number of hydrogen-bond donors (Lipinski definition) is 0. The highest BCUT2D eigenvalue weighted by Gasteiger charge is 0.938. The van der Waals surface area contributed by atoms with Gasteiger partial charge in [0.15, 0.2) is 0 Å². The van der Waals surface area contributed by atoms with Crippen LogP contribution in [0.5, 0.6) is 0 Å². The van der Waals surface area contributed by atoms with Crippen LogP contribution in [0, 0.1) is 0 Å². The lowest BCUT2D eigenvalue weighted by molar-refractivity contribution is 1.50. The molecule has 1 heteroatoms. The lowest BCUT2D eigenvalue weighted by atomic mass is 10.8. The van der Waals surface area contributed by atoms with Crippen molar-refractivity contribution in [1.29, 1.82) is 0 Å². The minimum atomic E-state index is 0. The summed E-state index contributed by atoms with van der Waals surface area (Å²) in [5, 5.41) is 0. The van der Waals surface area contributed by atoms with Crippen molar-refractivity contribution in [3.63, 3.8) is 0 Å². The predicted octanol–water partition coefficient (Wildman–Crippen LogP) is 4.09. The Hall–Kier alpha value is 0.0649. The average molecular weight is 148 g/mol. The van der Waals surface area contributed by atoms with Gasteiger partial charge in [0.1, 0.15) is 0 Å². The summed E-state index contributed by atoms with van der Waals surface area (Å²) in [6.07, 6.45) is 0. The lowest BCUT2D eigenvalue weighted by Gasteiger charge is -1.07. The molecule has 0 aliphatic carbocycles. The molecule has 0 aromatic heterocycles. The molecule has 0 amide bonds. The summed E-state index contributed by atoms with van der Waals surface area (Å²) in [6.45, 7) is 16.0. The summed E-state index contributed by atoms with van der Waals surface area (Å²) in [5.74, 6) is 0. The van der Waals surface area contributed by atoms with E-state index in [1.165, 1.54) is 0 Å². The van der Waals surface area contributed by atoms with Gasteiger partial charge in [0, 0.05) is 8.41 Å².